The SMILES string of the molecule is Cc1nnc(CN(CC(O)c2ccc(F)cc2F)C(C)(C)C)o1. The van der Waals surface area contributed by atoms with Gasteiger partial charge in [-0.15, -0.1) is 10.2 Å². The molecule has 0 aliphatic rings. The minimum atomic E-state index is -1.10. The molecule has 0 aliphatic heterocycles. The zero-order chi connectivity index (χ0) is 17.2. The van der Waals surface area contributed by atoms with E-state index in [9.17, 15) is 13.9 Å². The van der Waals surface area contributed by atoms with Crippen LogP contribution in [0.25, 0.3) is 0 Å². The Labute approximate surface area is 133 Å². The third kappa shape index (κ3) is 4.56. The summed E-state index contributed by atoms with van der Waals surface area (Å²) in [7, 11) is 0. The quantitative estimate of drug-likeness (QED) is 0.915. The molecule has 1 aromatic heterocycles. The number of aromatic nitrogens is 2. The van der Waals surface area contributed by atoms with Gasteiger partial charge in [0.2, 0.25) is 11.8 Å². The van der Waals surface area contributed by atoms with Crippen molar-refractivity contribution >= 4 is 0 Å². The normalized spacial score (nSPS) is 13.6. The van der Waals surface area contributed by atoms with Gasteiger partial charge in [0.25, 0.3) is 0 Å². The largest absolute Gasteiger partial charge is 0.424 e. The van der Waals surface area contributed by atoms with Gasteiger partial charge in [-0.05, 0) is 26.8 Å². The van der Waals surface area contributed by atoms with Crippen molar-refractivity contribution < 1.29 is 18.3 Å². The van der Waals surface area contributed by atoms with Crippen molar-refractivity contribution in [1.29, 1.82) is 0 Å². The molecule has 0 radical (unpaired) electrons. The van der Waals surface area contributed by atoms with Crippen LogP contribution in [-0.2, 0) is 6.54 Å². The van der Waals surface area contributed by atoms with Crippen molar-refractivity contribution in [3.63, 3.8) is 0 Å². The summed E-state index contributed by atoms with van der Waals surface area (Å²) in [6.45, 7) is 8.05. The summed E-state index contributed by atoms with van der Waals surface area (Å²) in [5.74, 6) is -0.560. The number of β-amino-alcohol motifs (C(OH)–C–C–N with tert-alkyl or cyclic N) is 1. The van der Waals surface area contributed by atoms with Crippen LogP contribution in [0.4, 0.5) is 8.78 Å². The van der Waals surface area contributed by atoms with E-state index in [1.807, 2.05) is 25.7 Å². The van der Waals surface area contributed by atoms with E-state index in [-0.39, 0.29) is 17.6 Å². The molecule has 0 fully saturated rings. The first kappa shape index (κ1) is 17.5. The second kappa shape index (κ2) is 6.72. The minimum Gasteiger partial charge on any atom is -0.424 e. The van der Waals surface area contributed by atoms with Crippen molar-refractivity contribution in [2.45, 2.75) is 45.9 Å². The van der Waals surface area contributed by atoms with E-state index < -0.39 is 17.7 Å². The van der Waals surface area contributed by atoms with Crippen molar-refractivity contribution in [2.24, 2.45) is 0 Å². The lowest BCUT2D eigenvalue weighted by Crippen LogP contribution is -2.43. The van der Waals surface area contributed by atoms with E-state index in [1.54, 1.807) is 6.92 Å². The third-order valence-corrected chi connectivity index (χ3v) is 3.56. The summed E-state index contributed by atoms with van der Waals surface area (Å²) in [5, 5.41) is 18.1. The Morgan fingerprint density at radius 1 is 1.26 bits per heavy atom. The molecule has 0 amide bonds. The molecule has 23 heavy (non-hydrogen) atoms. The van der Waals surface area contributed by atoms with E-state index in [0.717, 1.165) is 12.1 Å². The van der Waals surface area contributed by atoms with Gasteiger partial charge in [0.15, 0.2) is 0 Å². The fraction of sp³-hybridized carbons (Fsp3) is 0.500. The molecule has 2 rings (SSSR count). The molecule has 0 saturated heterocycles. The van der Waals surface area contributed by atoms with E-state index in [2.05, 4.69) is 10.2 Å². The number of aryl methyl sites for hydroxylation is 1. The highest BCUT2D eigenvalue weighted by Crippen LogP contribution is 2.24. The molecule has 1 unspecified atom stereocenters. The number of hydrogen-bond donors (Lipinski definition) is 1. The highest BCUT2D eigenvalue weighted by Gasteiger charge is 2.27. The van der Waals surface area contributed by atoms with Crippen LogP contribution in [0.15, 0.2) is 22.6 Å². The number of rotatable bonds is 5. The number of nitrogens with zero attached hydrogens (tertiary/aromatic N) is 3. The Morgan fingerprint density at radius 3 is 2.48 bits per heavy atom. The van der Waals surface area contributed by atoms with E-state index >= 15 is 0 Å². The van der Waals surface area contributed by atoms with Crippen LogP contribution in [0, 0.1) is 18.6 Å². The van der Waals surface area contributed by atoms with Crippen LogP contribution in [0.1, 0.15) is 44.2 Å². The van der Waals surface area contributed by atoms with E-state index in [0.29, 0.717) is 18.3 Å². The van der Waals surface area contributed by atoms with Crippen molar-refractivity contribution in [3.8, 4) is 0 Å². The first-order valence-electron chi connectivity index (χ1n) is 7.34. The van der Waals surface area contributed by atoms with Crippen LogP contribution in [0.2, 0.25) is 0 Å². The molecule has 5 nitrogen and oxygen atoms in total. The maximum atomic E-state index is 13.8. The minimum absolute atomic E-state index is 0.0577. The fourth-order valence-corrected chi connectivity index (χ4v) is 2.22. The maximum absolute atomic E-state index is 13.8. The summed E-state index contributed by atoms with van der Waals surface area (Å²) in [4.78, 5) is 1.90. The van der Waals surface area contributed by atoms with E-state index in [4.69, 9.17) is 4.42 Å². The first-order valence-corrected chi connectivity index (χ1v) is 7.34. The summed E-state index contributed by atoms with van der Waals surface area (Å²) in [6, 6.07) is 3.15. The van der Waals surface area contributed by atoms with E-state index in [1.165, 1.54) is 6.07 Å². The van der Waals surface area contributed by atoms with Gasteiger partial charge >= 0.3 is 0 Å². The average molecular weight is 325 g/mol. The molecular weight excluding hydrogens is 304 g/mol. The van der Waals surface area contributed by atoms with Gasteiger partial charge in [-0.25, -0.2) is 8.78 Å². The third-order valence-electron chi connectivity index (χ3n) is 3.56. The van der Waals surface area contributed by atoms with Crippen LogP contribution in [0.3, 0.4) is 0 Å². The zero-order valence-electron chi connectivity index (χ0n) is 13.7. The Kier molecular flexibility index (Phi) is 5.11. The van der Waals surface area contributed by atoms with Gasteiger partial charge in [-0.2, -0.15) is 0 Å². The Hall–Kier alpha value is -1.86. The van der Waals surface area contributed by atoms with Gasteiger partial charge in [-0.1, -0.05) is 6.07 Å². The second-order valence-corrected chi connectivity index (χ2v) is 6.45. The number of aliphatic hydroxyl groups excluding tert-OH is 1. The highest BCUT2D eigenvalue weighted by molar-refractivity contribution is 5.21. The smallest absolute Gasteiger partial charge is 0.230 e. The molecule has 1 aromatic carbocycles. The van der Waals surface area contributed by atoms with Gasteiger partial charge in [0.1, 0.15) is 11.6 Å². The number of benzene rings is 1. The van der Waals surface area contributed by atoms with Crippen molar-refractivity contribution in [2.75, 3.05) is 6.54 Å². The van der Waals surface area contributed by atoms with Gasteiger partial charge in [0, 0.05) is 30.6 Å². The van der Waals surface area contributed by atoms with Gasteiger partial charge in [0.05, 0.1) is 12.6 Å². The molecule has 0 saturated carbocycles. The fourth-order valence-electron chi connectivity index (χ4n) is 2.22. The molecule has 1 heterocycles. The predicted molar refractivity (Wildman–Crippen MR) is 80.5 cm³/mol. The molecule has 0 spiro atoms. The lowest BCUT2D eigenvalue weighted by atomic mass is 10.0. The first-order chi connectivity index (χ1) is 10.7. The Morgan fingerprint density at radius 2 is 1.96 bits per heavy atom. The highest BCUT2D eigenvalue weighted by atomic mass is 19.1. The molecule has 1 atom stereocenters. The summed E-state index contributed by atoms with van der Waals surface area (Å²) < 4.78 is 32.2. The molecule has 7 heteroatoms. The van der Waals surface area contributed by atoms with Gasteiger partial charge < -0.3 is 9.52 Å². The monoisotopic (exact) mass is 325 g/mol. The Balaban J connectivity index is 2.17. The topological polar surface area (TPSA) is 62.4 Å². The number of hydrogen-bond acceptors (Lipinski definition) is 5. The molecule has 0 bridgehead atoms. The average Bonchev–Trinajstić information content (AvgIpc) is 2.82. The number of halogens is 2. The molecular formula is C16H21F2N3O2. The molecule has 0 aliphatic carbocycles. The van der Waals surface area contributed by atoms with Crippen LogP contribution < -0.4 is 0 Å². The maximum Gasteiger partial charge on any atom is 0.230 e. The predicted octanol–water partition coefficient (Wildman–Crippen LogP) is 2.99. The molecule has 1 N–H and O–H groups in total. The van der Waals surface area contributed by atoms with Crippen LogP contribution in [0.5, 0.6) is 0 Å². The zero-order valence-corrected chi connectivity index (χ0v) is 13.7. The van der Waals surface area contributed by atoms with Crippen LogP contribution >= 0.6 is 0 Å². The number of aliphatic hydroxyl groups is 1. The van der Waals surface area contributed by atoms with Gasteiger partial charge in [-0.3, -0.25) is 4.90 Å². The van der Waals surface area contributed by atoms with Crippen LogP contribution in [-0.4, -0.2) is 32.3 Å². The lowest BCUT2D eigenvalue weighted by Gasteiger charge is -2.36. The lowest BCUT2D eigenvalue weighted by molar-refractivity contribution is 0.0444. The summed E-state index contributed by atoms with van der Waals surface area (Å²) >= 11 is 0. The molecule has 2 aromatic rings. The summed E-state index contributed by atoms with van der Waals surface area (Å²) in [5.41, 5.74) is -0.262. The molecule has 126 valence electrons. The van der Waals surface area contributed by atoms with Crippen molar-refractivity contribution in [1.82, 2.24) is 15.1 Å². The standard InChI is InChI=1S/C16H21F2N3O2/c1-10-19-20-15(23-10)9-21(16(2,3)4)8-14(22)12-6-5-11(17)7-13(12)18/h5-7,14,22H,8-9H2,1-4H3. The Bertz CT molecular complexity index is 668. The summed E-state index contributed by atoms with van der Waals surface area (Å²) in [6.07, 6.45) is -1.10. The van der Waals surface area contributed by atoms with Crippen molar-refractivity contribution in [3.05, 3.63) is 47.2 Å². The second-order valence-electron chi connectivity index (χ2n) is 6.45.